The average molecular weight is 423 g/mol. The highest BCUT2D eigenvalue weighted by atomic mass is 32.2. The van der Waals surface area contributed by atoms with E-state index in [-0.39, 0.29) is 0 Å². The number of hydrogen-bond donors (Lipinski definition) is 2. The van der Waals surface area contributed by atoms with Crippen molar-refractivity contribution < 1.29 is 8.42 Å². The van der Waals surface area contributed by atoms with Crippen LogP contribution >= 0.6 is 11.3 Å². The molecule has 1 aromatic carbocycles. The molecule has 0 spiro atoms. The largest absolute Gasteiger partial charge is 0.357 e. The summed E-state index contributed by atoms with van der Waals surface area (Å²) in [5.41, 5.74) is 2.19. The molecule has 0 fully saturated rings. The molecule has 8 heteroatoms. The summed E-state index contributed by atoms with van der Waals surface area (Å²) in [5, 5.41) is 9.89. The number of aromatic nitrogens is 1. The first kappa shape index (κ1) is 22.4. The second kappa shape index (κ2) is 11.2. The third-order valence-electron chi connectivity index (χ3n) is 4.14. The number of nitrogens with one attached hydrogen (secondary N) is 2. The molecule has 0 saturated carbocycles. The fourth-order valence-electron chi connectivity index (χ4n) is 2.67. The number of aliphatic imine (C=N–C) groups is 1. The number of nitrogens with zero attached hydrogens (tertiary/aromatic N) is 2. The zero-order chi connectivity index (χ0) is 20.4. The second-order valence-electron chi connectivity index (χ2n) is 6.69. The molecule has 2 rings (SSSR count). The monoisotopic (exact) mass is 422 g/mol. The third kappa shape index (κ3) is 7.98. The van der Waals surface area contributed by atoms with Gasteiger partial charge in [-0.25, -0.2) is 13.4 Å². The lowest BCUT2D eigenvalue weighted by molar-refractivity contribution is 0.602. The van der Waals surface area contributed by atoms with Crippen molar-refractivity contribution in [3.8, 4) is 0 Å². The third-order valence-corrected chi connectivity index (χ3v) is 6.29. The summed E-state index contributed by atoms with van der Waals surface area (Å²) < 4.78 is 23.0. The first-order valence-electron chi connectivity index (χ1n) is 9.60. The van der Waals surface area contributed by atoms with Crippen LogP contribution in [0.25, 0.3) is 0 Å². The van der Waals surface area contributed by atoms with E-state index < -0.39 is 9.84 Å². The smallest absolute Gasteiger partial charge is 0.191 e. The molecule has 154 valence electrons. The van der Waals surface area contributed by atoms with Gasteiger partial charge in [-0.15, -0.1) is 11.3 Å². The fraction of sp³-hybridized carbons (Fsp3) is 0.500. The molecule has 0 unspecified atom stereocenters. The summed E-state index contributed by atoms with van der Waals surface area (Å²) in [5.74, 6) is 0.820. The van der Waals surface area contributed by atoms with Gasteiger partial charge >= 0.3 is 0 Å². The highest BCUT2D eigenvalue weighted by Crippen LogP contribution is 2.12. The van der Waals surface area contributed by atoms with E-state index in [1.807, 2.05) is 26.0 Å². The maximum absolute atomic E-state index is 11.5. The van der Waals surface area contributed by atoms with Gasteiger partial charge in [-0.2, -0.15) is 0 Å². The van der Waals surface area contributed by atoms with Crippen LogP contribution in [0.15, 0.2) is 39.5 Å². The van der Waals surface area contributed by atoms with Crippen molar-refractivity contribution in [2.45, 2.75) is 44.4 Å². The number of unbranched alkanes of at least 4 members (excludes halogenated alkanes) is 1. The number of sulfone groups is 1. The predicted octanol–water partition coefficient (Wildman–Crippen LogP) is 2.98. The minimum Gasteiger partial charge on any atom is -0.357 e. The van der Waals surface area contributed by atoms with Gasteiger partial charge in [-0.05, 0) is 57.2 Å². The highest BCUT2D eigenvalue weighted by molar-refractivity contribution is 7.90. The number of benzene rings is 1. The fourth-order valence-corrected chi connectivity index (χ4v) is 4.12. The lowest BCUT2D eigenvalue weighted by Crippen LogP contribution is -2.38. The van der Waals surface area contributed by atoms with E-state index in [1.165, 1.54) is 11.3 Å². The van der Waals surface area contributed by atoms with E-state index >= 15 is 0 Å². The molecule has 2 N–H and O–H groups in total. The molecule has 0 aliphatic rings. The van der Waals surface area contributed by atoms with Crippen LogP contribution in [0.1, 0.15) is 36.0 Å². The molecule has 6 nitrogen and oxygen atoms in total. The summed E-state index contributed by atoms with van der Waals surface area (Å²) in [6.45, 7) is 6.41. The molecular weight excluding hydrogens is 392 g/mol. The molecule has 0 aliphatic carbocycles. The predicted molar refractivity (Wildman–Crippen MR) is 117 cm³/mol. The van der Waals surface area contributed by atoms with Crippen LogP contribution in [-0.2, 0) is 22.7 Å². The summed E-state index contributed by atoms with van der Waals surface area (Å²) in [4.78, 5) is 9.46. The van der Waals surface area contributed by atoms with Crippen LogP contribution < -0.4 is 10.6 Å². The molecule has 1 aromatic heterocycles. The van der Waals surface area contributed by atoms with Crippen LogP contribution in [0.4, 0.5) is 0 Å². The van der Waals surface area contributed by atoms with Crippen molar-refractivity contribution in [1.82, 2.24) is 15.6 Å². The van der Waals surface area contributed by atoms with Gasteiger partial charge in [0.25, 0.3) is 0 Å². The Morgan fingerprint density at radius 2 is 1.89 bits per heavy atom. The number of rotatable bonds is 10. The van der Waals surface area contributed by atoms with Crippen LogP contribution in [0.2, 0.25) is 0 Å². The van der Waals surface area contributed by atoms with Gasteiger partial charge in [0, 0.05) is 37.0 Å². The molecule has 1 heterocycles. The van der Waals surface area contributed by atoms with Crippen molar-refractivity contribution in [2.75, 3.05) is 25.9 Å². The zero-order valence-electron chi connectivity index (χ0n) is 16.9. The number of guanidine groups is 1. The van der Waals surface area contributed by atoms with Crippen LogP contribution in [0.5, 0.6) is 0 Å². The number of aryl methyl sites for hydroxylation is 2. The maximum atomic E-state index is 11.5. The normalized spacial score (nSPS) is 12.2. The topological polar surface area (TPSA) is 83.4 Å². The summed E-state index contributed by atoms with van der Waals surface area (Å²) in [7, 11) is -3.14. The van der Waals surface area contributed by atoms with Crippen LogP contribution in [-0.4, -0.2) is 45.3 Å². The summed E-state index contributed by atoms with van der Waals surface area (Å²) >= 11 is 1.73. The van der Waals surface area contributed by atoms with E-state index in [0.29, 0.717) is 4.90 Å². The van der Waals surface area contributed by atoms with Gasteiger partial charge in [0.05, 0.1) is 9.90 Å². The maximum Gasteiger partial charge on any atom is 0.191 e. The first-order chi connectivity index (χ1) is 13.4. The van der Waals surface area contributed by atoms with Gasteiger partial charge in [-0.3, -0.25) is 4.99 Å². The molecule has 2 aromatic rings. The van der Waals surface area contributed by atoms with Gasteiger partial charge in [-0.1, -0.05) is 12.1 Å². The molecule has 0 amide bonds. The van der Waals surface area contributed by atoms with E-state index in [2.05, 4.69) is 26.0 Å². The zero-order valence-corrected chi connectivity index (χ0v) is 18.5. The summed E-state index contributed by atoms with van der Waals surface area (Å²) in [6.07, 6.45) is 5.16. The van der Waals surface area contributed by atoms with Crippen molar-refractivity contribution >= 4 is 27.1 Å². The van der Waals surface area contributed by atoms with E-state index in [4.69, 9.17) is 0 Å². The minimum atomic E-state index is -3.14. The number of hydrogen-bond acceptors (Lipinski definition) is 5. The Morgan fingerprint density at radius 3 is 2.50 bits per heavy atom. The Kier molecular flexibility index (Phi) is 8.92. The molecular formula is C20H30N4O2S2. The lowest BCUT2D eigenvalue weighted by Gasteiger charge is -2.11. The van der Waals surface area contributed by atoms with Gasteiger partial charge in [0.1, 0.15) is 0 Å². The van der Waals surface area contributed by atoms with Gasteiger partial charge in [0.2, 0.25) is 0 Å². The Bertz CT molecular complexity index is 859. The van der Waals surface area contributed by atoms with Crippen molar-refractivity contribution in [1.29, 1.82) is 0 Å². The Hall–Kier alpha value is -1.93. The highest BCUT2D eigenvalue weighted by Gasteiger charge is 2.06. The van der Waals surface area contributed by atoms with E-state index in [9.17, 15) is 8.42 Å². The molecule has 0 radical (unpaired) electrons. The Balaban J connectivity index is 1.73. The standard InChI is InChI=1S/C20H30N4O2S2/c1-4-21-20(22-13-6-5-7-19-24-16(2)15-27-19)23-14-12-17-8-10-18(11-9-17)28(3,25)26/h8-11,15H,4-7,12-14H2,1-3H3,(H2,21,22,23). The van der Waals surface area contributed by atoms with Crippen LogP contribution in [0, 0.1) is 6.92 Å². The Morgan fingerprint density at radius 1 is 1.14 bits per heavy atom. The van der Waals surface area contributed by atoms with Crippen molar-refractivity contribution in [3.63, 3.8) is 0 Å². The average Bonchev–Trinajstić information content (AvgIpc) is 3.06. The quantitative estimate of drug-likeness (QED) is 0.349. The second-order valence-corrected chi connectivity index (χ2v) is 9.65. The van der Waals surface area contributed by atoms with Gasteiger partial charge in [0.15, 0.2) is 15.8 Å². The van der Waals surface area contributed by atoms with Crippen molar-refractivity contribution in [2.24, 2.45) is 4.99 Å². The van der Waals surface area contributed by atoms with E-state index in [1.54, 1.807) is 23.5 Å². The van der Waals surface area contributed by atoms with E-state index in [0.717, 1.165) is 62.5 Å². The molecule has 0 aliphatic heterocycles. The molecule has 0 atom stereocenters. The minimum absolute atomic E-state index is 0.354. The summed E-state index contributed by atoms with van der Waals surface area (Å²) in [6, 6.07) is 7.05. The first-order valence-corrected chi connectivity index (χ1v) is 12.4. The van der Waals surface area contributed by atoms with Crippen LogP contribution in [0.3, 0.4) is 0 Å². The molecule has 0 bridgehead atoms. The lowest BCUT2D eigenvalue weighted by atomic mass is 10.1. The Labute approximate surface area is 172 Å². The van der Waals surface area contributed by atoms with Crippen molar-refractivity contribution in [3.05, 3.63) is 45.9 Å². The number of thiazole rings is 1. The molecule has 0 saturated heterocycles. The molecule has 28 heavy (non-hydrogen) atoms. The van der Waals surface area contributed by atoms with Gasteiger partial charge < -0.3 is 10.6 Å². The SMILES string of the molecule is CCNC(=NCCCCc1nc(C)cs1)NCCc1ccc(S(C)(=O)=O)cc1.